The maximum atomic E-state index is 9.86. The zero-order valence-electron chi connectivity index (χ0n) is 7.70. The van der Waals surface area contributed by atoms with Gasteiger partial charge in [0, 0.05) is 12.0 Å². The molecule has 0 saturated carbocycles. The number of carbonyl (C=O) groups is 2. The summed E-state index contributed by atoms with van der Waals surface area (Å²) in [5.74, 6) is -2.75. The Balaban J connectivity index is -0.000000135. The van der Waals surface area contributed by atoms with E-state index in [4.69, 9.17) is 5.73 Å². The minimum Gasteiger partial charge on any atom is -0.550 e. The van der Waals surface area contributed by atoms with Crippen molar-refractivity contribution in [1.29, 1.82) is 0 Å². The van der Waals surface area contributed by atoms with Gasteiger partial charge in [-0.2, -0.15) is 0 Å². The molecule has 0 saturated heterocycles. The van der Waals surface area contributed by atoms with Crippen molar-refractivity contribution in [1.82, 2.24) is 0 Å². The van der Waals surface area contributed by atoms with Crippen LogP contribution in [0.15, 0.2) is 0 Å². The number of carbonyl (C=O) groups excluding carboxylic acids is 2. The first kappa shape index (κ1) is 23.6. The van der Waals surface area contributed by atoms with E-state index >= 15 is 0 Å². The summed E-state index contributed by atoms with van der Waals surface area (Å²) in [6.45, 7) is 0. The molecule has 0 aromatic heterocycles. The number of carboxylic acid groups (broad SMARTS) is 2. The van der Waals surface area contributed by atoms with Gasteiger partial charge >= 0.3 is 59.1 Å². The van der Waals surface area contributed by atoms with Crippen LogP contribution in [0.3, 0.4) is 0 Å². The molecule has 0 aliphatic rings. The SMILES string of the molecule is N[C@H](CCC(=O)[O-])C(=O)[O-].O.[Na+].[Na+]. The monoisotopic (exact) mass is 209 g/mol. The summed E-state index contributed by atoms with van der Waals surface area (Å²) in [5.41, 5.74) is 4.91. The average Bonchev–Trinajstić information content (AvgIpc) is 1.82. The summed E-state index contributed by atoms with van der Waals surface area (Å²) in [4.78, 5) is 19.6. The Morgan fingerprint density at radius 3 is 1.85 bits per heavy atom. The molecule has 0 spiro atoms. The Kier molecular flexibility index (Phi) is 23.3. The van der Waals surface area contributed by atoms with Gasteiger partial charge in [0.05, 0.1) is 5.97 Å². The Morgan fingerprint density at radius 2 is 1.62 bits per heavy atom. The van der Waals surface area contributed by atoms with Crippen LogP contribution in [0.5, 0.6) is 0 Å². The van der Waals surface area contributed by atoms with Crippen LogP contribution in [-0.2, 0) is 9.59 Å². The molecular weight excluding hydrogens is 200 g/mol. The van der Waals surface area contributed by atoms with Gasteiger partial charge in [-0.15, -0.1) is 0 Å². The first-order valence-electron chi connectivity index (χ1n) is 2.70. The van der Waals surface area contributed by atoms with Crippen molar-refractivity contribution in [2.75, 3.05) is 0 Å². The molecule has 8 heteroatoms. The van der Waals surface area contributed by atoms with Crippen LogP contribution in [0.25, 0.3) is 0 Å². The molecule has 0 aliphatic heterocycles. The van der Waals surface area contributed by atoms with Crippen molar-refractivity contribution in [2.45, 2.75) is 18.9 Å². The van der Waals surface area contributed by atoms with Crippen molar-refractivity contribution >= 4 is 11.9 Å². The van der Waals surface area contributed by atoms with E-state index in [-0.39, 0.29) is 77.4 Å². The molecule has 66 valence electrons. The molecular formula is C5H9NNa2O5. The number of nitrogens with two attached hydrogens (primary N) is 1. The van der Waals surface area contributed by atoms with Gasteiger partial charge in [-0.25, -0.2) is 0 Å². The van der Waals surface area contributed by atoms with Gasteiger partial charge in [-0.1, -0.05) is 0 Å². The van der Waals surface area contributed by atoms with Crippen molar-refractivity contribution in [3.63, 3.8) is 0 Å². The van der Waals surface area contributed by atoms with E-state index < -0.39 is 18.0 Å². The molecule has 0 unspecified atom stereocenters. The molecule has 0 radical (unpaired) electrons. The number of rotatable bonds is 4. The molecule has 0 rings (SSSR count). The quantitative estimate of drug-likeness (QED) is 0.458. The van der Waals surface area contributed by atoms with Crippen LogP contribution < -0.4 is 75.1 Å². The van der Waals surface area contributed by atoms with Crippen LogP contribution in [0.2, 0.25) is 0 Å². The van der Waals surface area contributed by atoms with Gasteiger partial charge in [-0.3, -0.25) is 0 Å². The van der Waals surface area contributed by atoms with Crippen molar-refractivity contribution in [2.24, 2.45) is 5.73 Å². The van der Waals surface area contributed by atoms with E-state index in [1.807, 2.05) is 0 Å². The van der Waals surface area contributed by atoms with Gasteiger partial charge in [0.25, 0.3) is 0 Å². The second kappa shape index (κ2) is 12.9. The molecule has 0 fully saturated rings. The summed E-state index contributed by atoms with van der Waals surface area (Å²) < 4.78 is 0. The van der Waals surface area contributed by atoms with Gasteiger partial charge in [-0.05, 0) is 12.8 Å². The first-order chi connectivity index (χ1) is 4.54. The largest absolute Gasteiger partial charge is 1.00 e. The first-order valence-corrected chi connectivity index (χ1v) is 2.70. The van der Waals surface area contributed by atoms with Gasteiger partial charge in [0.15, 0.2) is 0 Å². The predicted octanol–water partition coefficient (Wildman–Crippen LogP) is -10.2. The van der Waals surface area contributed by atoms with E-state index in [2.05, 4.69) is 0 Å². The van der Waals surface area contributed by atoms with Crippen LogP contribution in [0.1, 0.15) is 12.8 Å². The van der Waals surface area contributed by atoms with E-state index in [9.17, 15) is 19.8 Å². The van der Waals surface area contributed by atoms with Crippen LogP contribution in [0, 0.1) is 0 Å². The third kappa shape index (κ3) is 15.6. The van der Waals surface area contributed by atoms with E-state index in [0.29, 0.717) is 0 Å². The zero-order valence-corrected chi connectivity index (χ0v) is 11.7. The average molecular weight is 209 g/mol. The standard InChI is InChI=1S/C5H9NO4.2Na.H2O/c6-3(5(9)10)1-2-4(7)8;;;/h3H,1-2,6H2,(H,7,8)(H,9,10);;;1H2/q;2*+1;/p-2/t3-;;;/m1.../s1. The molecule has 6 nitrogen and oxygen atoms in total. The number of aliphatic carboxylic acids is 2. The fourth-order valence-corrected chi connectivity index (χ4v) is 0.391. The fourth-order valence-electron chi connectivity index (χ4n) is 0.391. The minimum atomic E-state index is -1.44. The van der Waals surface area contributed by atoms with Crippen LogP contribution in [0.4, 0.5) is 0 Å². The molecule has 0 aliphatic carbocycles. The maximum Gasteiger partial charge on any atom is 1.00 e. The van der Waals surface area contributed by atoms with Crippen molar-refractivity contribution in [3.05, 3.63) is 0 Å². The summed E-state index contributed by atoms with van der Waals surface area (Å²) in [6, 6.07) is -1.21. The van der Waals surface area contributed by atoms with E-state index in [0.717, 1.165) is 0 Å². The second-order valence-electron chi connectivity index (χ2n) is 1.84. The molecule has 1 atom stereocenters. The normalized spacial score (nSPS) is 9.62. The molecule has 13 heavy (non-hydrogen) atoms. The van der Waals surface area contributed by atoms with Gasteiger partial charge in [0.1, 0.15) is 0 Å². The number of hydrogen-bond donors (Lipinski definition) is 1. The van der Waals surface area contributed by atoms with E-state index in [1.54, 1.807) is 0 Å². The molecule has 0 bridgehead atoms. The van der Waals surface area contributed by atoms with Crippen LogP contribution in [-0.4, -0.2) is 23.5 Å². The smallest absolute Gasteiger partial charge is 0.550 e. The summed E-state index contributed by atoms with van der Waals surface area (Å²) >= 11 is 0. The van der Waals surface area contributed by atoms with Gasteiger partial charge < -0.3 is 31.0 Å². The molecule has 0 aromatic rings. The molecule has 4 N–H and O–H groups in total. The van der Waals surface area contributed by atoms with Crippen molar-refractivity contribution in [3.8, 4) is 0 Å². The topological polar surface area (TPSA) is 138 Å². The summed E-state index contributed by atoms with van der Waals surface area (Å²) in [6.07, 6.45) is -0.500. The third-order valence-corrected chi connectivity index (χ3v) is 0.962. The fraction of sp³-hybridized carbons (Fsp3) is 0.600. The molecule has 0 amide bonds. The Morgan fingerprint density at radius 1 is 1.23 bits per heavy atom. The second-order valence-corrected chi connectivity index (χ2v) is 1.84. The Bertz CT molecular complexity index is 154. The van der Waals surface area contributed by atoms with E-state index in [1.165, 1.54) is 0 Å². The molecule has 0 aromatic carbocycles. The summed E-state index contributed by atoms with van der Waals surface area (Å²) in [5, 5.41) is 19.6. The minimum absolute atomic E-state index is 0. The number of hydrogen-bond acceptors (Lipinski definition) is 5. The van der Waals surface area contributed by atoms with Crippen LogP contribution >= 0.6 is 0 Å². The predicted molar refractivity (Wildman–Crippen MR) is 30.8 cm³/mol. The van der Waals surface area contributed by atoms with Crippen molar-refractivity contribution < 1.29 is 84.4 Å². The Labute approximate surface area is 120 Å². The maximum absolute atomic E-state index is 9.86. The van der Waals surface area contributed by atoms with Gasteiger partial charge in [0.2, 0.25) is 0 Å². The third-order valence-electron chi connectivity index (χ3n) is 0.962. The Hall–Kier alpha value is 0.860. The molecule has 0 heterocycles. The summed E-state index contributed by atoms with van der Waals surface area (Å²) in [7, 11) is 0. The number of carboxylic acids is 2. The zero-order chi connectivity index (χ0) is 8.15.